The van der Waals surface area contributed by atoms with Crippen LogP contribution in [-0.2, 0) is 0 Å². The van der Waals surface area contributed by atoms with Crippen LogP contribution in [0.3, 0.4) is 0 Å². The minimum atomic E-state index is -0.144. The lowest BCUT2D eigenvalue weighted by molar-refractivity contribution is 0.225. The van der Waals surface area contributed by atoms with Crippen LogP contribution in [0.25, 0.3) is 0 Å². The summed E-state index contributed by atoms with van der Waals surface area (Å²) in [5, 5.41) is 0. The quantitative estimate of drug-likeness (QED) is 0.440. The fourth-order valence-corrected chi connectivity index (χ4v) is 0.719. The second kappa shape index (κ2) is 3.43. The van der Waals surface area contributed by atoms with Crippen LogP contribution in [0.4, 0.5) is 0 Å². The third kappa shape index (κ3) is 2.55. The molecule has 0 bridgehead atoms. The lowest BCUT2D eigenvalue weighted by Crippen LogP contribution is -2.37. The summed E-state index contributed by atoms with van der Waals surface area (Å²) in [5.74, 6) is 0. The van der Waals surface area contributed by atoms with Crippen molar-refractivity contribution in [1.82, 2.24) is 4.90 Å². The van der Waals surface area contributed by atoms with Crippen LogP contribution in [-0.4, -0.2) is 23.5 Å². The average molecular weight is 150 g/mol. The number of nitrogens with zero attached hydrogens (tertiary/aromatic N) is 1. The highest BCUT2D eigenvalue weighted by molar-refractivity contribution is 6.23. The summed E-state index contributed by atoms with van der Waals surface area (Å²) in [4.78, 5) is 1.99. The monoisotopic (exact) mass is 149 g/mol. The molecular weight excluding hydrogens is 134 g/mol. The molecule has 56 valence electrons. The van der Waals surface area contributed by atoms with E-state index in [0.717, 1.165) is 13.0 Å². The van der Waals surface area contributed by atoms with Crippen LogP contribution < -0.4 is 0 Å². The molecule has 0 aromatic carbocycles. The molecule has 0 saturated carbocycles. The van der Waals surface area contributed by atoms with Gasteiger partial charge in [-0.05, 0) is 26.9 Å². The van der Waals surface area contributed by atoms with Crippen LogP contribution in [0.5, 0.6) is 0 Å². The lowest BCUT2D eigenvalue weighted by Gasteiger charge is -2.30. The van der Waals surface area contributed by atoms with Crippen LogP contribution in [0.2, 0.25) is 0 Å². The lowest BCUT2D eigenvalue weighted by atomic mass is 10.2. The number of alkyl halides is 1. The molecule has 0 aromatic heterocycles. The van der Waals surface area contributed by atoms with Gasteiger partial charge in [-0.1, -0.05) is 13.8 Å². The first-order valence-corrected chi connectivity index (χ1v) is 3.82. The van der Waals surface area contributed by atoms with Gasteiger partial charge in [0.25, 0.3) is 0 Å². The van der Waals surface area contributed by atoms with Crippen molar-refractivity contribution < 1.29 is 0 Å². The highest BCUT2D eigenvalue weighted by Crippen LogP contribution is 2.21. The predicted octanol–water partition coefficient (Wildman–Crippen LogP) is 2.30. The Hall–Kier alpha value is 0.250. The zero-order valence-electron chi connectivity index (χ0n) is 6.74. The van der Waals surface area contributed by atoms with Crippen molar-refractivity contribution in [3.05, 3.63) is 0 Å². The van der Waals surface area contributed by atoms with E-state index in [4.69, 9.17) is 11.6 Å². The summed E-state index contributed by atoms with van der Waals surface area (Å²) in [6, 6.07) is 0. The summed E-state index contributed by atoms with van der Waals surface area (Å²) in [6.45, 7) is 7.25. The van der Waals surface area contributed by atoms with Gasteiger partial charge in [-0.3, -0.25) is 4.90 Å². The Balaban J connectivity index is 3.80. The topological polar surface area (TPSA) is 3.24 Å². The standard InChI is InChI=1S/C7H16ClN/c1-5-7(3,8)9(4)6-2/h5-6H2,1-4H3. The smallest absolute Gasteiger partial charge is 0.0926 e. The second-order valence-corrected chi connectivity index (χ2v) is 3.32. The number of rotatable bonds is 3. The number of hydrogen-bond acceptors (Lipinski definition) is 1. The second-order valence-electron chi connectivity index (χ2n) is 2.51. The van der Waals surface area contributed by atoms with Crippen LogP contribution >= 0.6 is 11.6 Å². The van der Waals surface area contributed by atoms with Crippen molar-refractivity contribution in [1.29, 1.82) is 0 Å². The molecule has 0 spiro atoms. The molecule has 0 aliphatic carbocycles. The highest BCUT2D eigenvalue weighted by atomic mass is 35.5. The van der Waals surface area contributed by atoms with E-state index in [0.29, 0.717) is 0 Å². The normalized spacial score (nSPS) is 18.0. The third-order valence-corrected chi connectivity index (χ3v) is 2.47. The summed E-state index contributed by atoms with van der Waals surface area (Å²) in [6.07, 6.45) is 0.985. The first-order valence-electron chi connectivity index (χ1n) is 3.44. The summed E-state index contributed by atoms with van der Waals surface area (Å²) >= 11 is 6.10. The summed E-state index contributed by atoms with van der Waals surface area (Å²) < 4.78 is 0. The molecule has 0 rings (SSSR count). The van der Waals surface area contributed by atoms with E-state index in [1.54, 1.807) is 0 Å². The van der Waals surface area contributed by atoms with E-state index in [2.05, 4.69) is 18.7 Å². The molecule has 0 aliphatic rings. The Bertz CT molecular complexity index is 81.0. The van der Waals surface area contributed by atoms with Crippen LogP contribution in [0.1, 0.15) is 27.2 Å². The summed E-state index contributed by atoms with van der Waals surface area (Å²) in [5.41, 5.74) is 0. The maximum absolute atomic E-state index is 6.10. The van der Waals surface area contributed by atoms with Crippen molar-refractivity contribution >= 4 is 11.6 Å². The van der Waals surface area contributed by atoms with Gasteiger partial charge in [0.2, 0.25) is 0 Å². The minimum Gasteiger partial charge on any atom is -0.289 e. The van der Waals surface area contributed by atoms with Gasteiger partial charge in [-0.25, -0.2) is 0 Å². The molecule has 0 radical (unpaired) electrons. The van der Waals surface area contributed by atoms with Gasteiger partial charge in [-0.15, -0.1) is 11.6 Å². The fraction of sp³-hybridized carbons (Fsp3) is 1.00. The van der Waals surface area contributed by atoms with Crippen LogP contribution in [0, 0.1) is 0 Å². The SMILES string of the molecule is CCN(C)C(C)(Cl)CC. The van der Waals surface area contributed by atoms with Crippen molar-refractivity contribution in [2.75, 3.05) is 13.6 Å². The van der Waals surface area contributed by atoms with E-state index in [9.17, 15) is 0 Å². The third-order valence-electron chi connectivity index (χ3n) is 1.92. The van der Waals surface area contributed by atoms with E-state index < -0.39 is 0 Å². The number of hydrogen-bond donors (Lipinski definition) is 0. The Morgan fingerprint density at radius 3 is 2.00 bits per heavy atom. The molecule has 0 saturated heterocycles. The van der Waals surface area contributed by atoms with Gasteiger partial charge in [0.15, 0.2) is 0 Å². The maximum Gasteiger partial charge on any atom is 0.0926 e. The molecule has 0 fully saturated rings. The molecule has 0 aliphatic heterocycles. The molecule has 0 aromatic rings. The Labute approximate surface area is 63.0 Å². The largest absolute Gasteiger partial charge is 0.289 e. The van der Waals surface area contributed by atoms with Crippen LogP contribution in [0.15, 0.2) is 0 Å². The van der Waals surface area contributed by atoms with Gasteiger partial charge < -0.3 is 0 Å². The first kappa shape index (κ1) is 9.25. The molecule has 1 nitrogen and oxygen atoms in total. The van der Waals surface area contributed by atoms with Crippen molar-refractivity contribution in [3.8, 4) is 0 Å². The van der Waals surface area contributed by atoms with Crippen molar-refractivity contribution in [2.24, 2.45) is 0 Å². The van der Waals surface area contributed by atoms with E-state index >= 15 is 0 Å². The zero-order chi connectivity index (χ0) is 7.49. The molecule has 0 N–H and O–H groups in total. The number of halogens is 1. The molecule has 0 amide bonds. The van der Waals surface area contributed by atoms with Gasteiger partial charge in [0.05, 0.1) is 5.00 Å². The summed E-state index contributed by atoms with van der Waals surface area (Å²) in [7, 11) is 2.04. The van der Waals surface area contributed by atoms with Gasteiger partial charge in [0.1, 0.15) is 0 Å². The Kier molecular flexibility index (Phi) is 3.52. The minimum absolute atomic E-state index is 0.144. The molecular formula is C7H16ClN. The molecule has 9 heavy (non-hydrogen) atoms. The highest BCUT2D eigenvalue weighted by Gasteiger charge is 2.21. The van der Waals surface area contributed by atoms with Gasteiger partial charge in [-0.2, -0.15) is 0 Å². The molecule has 1 unspecified atom stereocenters. The van der Waals surface area contributed by atoms with Gasteiger partial charge >= 0.3 is 0 Å². The van der Waals surface area contributed by atoms with Crippen molar-refractivity contribution in [3.63, 3.8) is 0 Å². The Morgan fingerprint density at radius 1 is 1.44 bits per heavy atom. The molecule has 2 heteroatoms. The average Bonchev–Trinajstić information content (AvgIpc) is 1.86. The molecule has 1 atom stereocenters. The van der Waals surface area contributed by atoms with E-state index in [-0.39, 0.29) is 5.00 Å². The predicted molar refractivity (Wildman–Crippen MR) is 42.9 cm³/mol. The molecule has 0 heterocycles. The zero-order valence-corrected chi connectivity index (χ0v) is 7.50. The van der Waals surface area contributed by atoms with Gasteiger partial charge in [0, 0.05) is 0 Å². The fourth-order valence-electron chi connectivity index (χ4n) is 0.600. The van der Waals surface area contributed by atoms with E-state index in [1.807, 2.05) is 14.0 Å². The first-order chi connectivity index (χ1) is 4.04. The van der Waals surface area contributed by atoms with Crippen molar-refractivity contribution in [2.45, 2.75) is 32.2 Å². The maximum atomic E-state index is 6.10. The van der Waals surface area contributed by atoms with E-state index in [1.165, 1.54) is 0 Å². The Morgan fingerprint density at radius 2 is 1.89 bits per heavy atom.